The smallest absolute Gasteiger partial charge is 0.142 e. The normalized spacial score (nSPS) is 11.5. The van der Waals surface area contributed by atoms with Gasteiger partial charge in [0.2, 0.25) is 0 Å². The van der Waals surface area contributed by atoms with Gasteiger partial charge in [-0.15, -0.1) is 0 Å². The second kappa shape index (κ2) is 6.12. The minimum atomic E-state index is 0.306. The van der Waals surface area contributed by atoms with E-state index in [0.29, 0.717) is 12.0 Å². The highest BCUT2D eigenvalue weighted by Crippen LogP contribution is 2.34. The van der Waals surface area contributed by atoms with Crippen molar-refractivity contribution in [2.45, 2.75) is 52.5 Å². The second-order valence-electron chi connectivity index (χ2n) is 5.55. The Hall–Kier alpha value is -1.77. The molecule has 3 nitrogen and oxygen atoms in total. The maximum absolute atomic E-state index is 6.39. The van der Waals surface area contributed by atoms with Gasteiger partial charge in [-0.2, -0.15) is 0 Å². The van der Waals surface area contributed by atoms with Crippen molar-refractivity contribution in [2.75, 3.05) is 5.73 Å². The summed E-state index contributed by atoms with van der Waals surface area (Å²) in [5, 5.41) is 0. The molecule has 0 fully saturated rings. The lowest BCUT2D eigenvalue weighted by Crippen LogP contribution is -2.08. The van der Waals surface area contributed by atoms with Crippen molar-refractivity contribution in [1.29, 1.82) is 0 Å². The number of anilines is 1. The van der Waals surface area contributed by atoms with Crippen LogP contribution in [0.2, 0.25) is 0 Å². The summed E-state index contributed by atoms with van der Waals surface area (Å²) in [4.78, 5) is 4.88. The summed E-state index contributed by atoms with van der Waals surface area (Å²) in [6.45, 7) is 8.71. The van der Waals surface area contributed by atoms with Gasteiger partial charge in [0.05, 0.1) is 5.69 Å². The molecule has 0 saturated heterocycles. The van der Waals surface area contributed by atoms with Gasteiger partial charge in [0.1, 0.15) is 11.6 Å². The third-order valence-corrected chi connectivity index (χ3v) is 3.90. The summed E-state index contributed by atoms with van der Waals surface area (Å²) in [7, 11) is 0. The molecule has 2 N–H and O–H groups in total. The molecule has 1 heterocycles. The molecule has 0 aliphatic carbocycles. The van der Waals surface area contributed by atoms with Gasteiger partial charge in [-0.1, -0.05) is 44.2 Å². The molecule has 0 spiro atoms. The van der Waals surface area contributed by atoms with Gasteiger partial charge >= 0.3 is 0 Å². The summed E-state index contributed by atoms with van der Waals surface area (Å²) in [5.74, 6) is 2.25. The Morgan fingerprint density at radius 2 is 1.70 bits per heavy atom. The third-order valence-electron chi connectivity index (χ3n) is 3.90. The number of benzene rings is 1. The zero-order valence-corrected chi connectivity index (χ0v) is 12.9. The second-order valence-corrected chi connectivity index (χ2v) is 5.55. The molecular formula is C17H25N3. The largest absolute Gasteiger partial charge is 0.384 e. The molecule has 20 heavy (non-hydrogen) atoms. The van der Waals surface area contributed by atoms with E-state index in [1.165, 1.54) is 0 Å². The molecule has 0 radical (unpaired) electrons. The first-order valence-electron chi connectivity index (χ1n) is 7.53. The molecule has 0 aliphatic rings. The van der Waals surface area contributed by atoms with Crippen molar-refractivity contribution in [1.82, 2.24) is 9.55 Å². The minimum Gasteiger partial charge on any atom is -0.384 e. The molecule has 108 valence electrons. The number of nitrogens with zero attached hydrogens (tertiary/aromatic N) is 2. The molecule has 0 amide bonds. The number of rotatable bonds is 5. The molecular weight excluding hydrogens is 246 g/mol. The standard InChI is InChI=1S/C17H25N3/c1-5-13(6-2)15-16(18)20(12(3)4)17(19-15)14-10-8-7-9-11-14/h7-13H,5-6,18H2,1-4H3. The molecule has 0 atom stereocenters. The van der Waals surface area contributed by atoms with Crippen LogP contribution < -0.4 is 5.73 Å². The molecule has 0 unspecified atom stereocenters. The van der Waals surface area contributed by atoms with Crippen LogP contribution in [0.4, 0.5) is 5.82 Å². The highest BCUT2D eigenvalue weighted by Gasteiger charge is 2.22. The Morgan fingerprint density at radius 1 is 1.10 bits per heavy atom. The molecule has 2 aromatic rings. The van der Waals surface area contributed by atoms with Crippen molar-refractivity contribution in [2.24, 2.45) is 0 Å². The van der Waals surface area contributed by atoms with Gasteiger partial charge in [0.15, 0.2) is 0 Å². The molecule has 2 rings (SSSR count). The van der Waals surface area contributed by atoms with E-state index < -0.39 is 0 Å². The van der Waals surface area contributed by atoms with Crippen LogP contribution in [0.25, 0.3) is 11.4 Å². The first-order valence-corrected chi connectivity index (χ1v) is 7.53. The van der Waals surface area contributed by atoms with Crippen LogP contribution in [0.15, 0.2) is 30.3 Å². The first-order chi connectivity index (χ1) is 9.60. The lowest BCUT2D eigenvalue weighted by molar-refractivity contribution is 0.606. The number of imidazole rings is 1. The molecule has 1 aromatic heterocycles. The van der Waals surface area contributed by atoms with E-state index in [2.05, 4.69) is 44.4 Å². The monoisotopic (exact) mass is 271 g/mol. The predicted molar refractivity (Wildman–Crippen MR) is 85.8 cm³/mol. The Labute approximate surface area is 121 Å². The van der Waals surface area contributed by atoms with Gasteiger partial charge in [-0.05, 0) is 26.7 Å². The van der Waals surface area contributed by atoms with E-state index >= 15 is 0 Å². The number of hydrogen-bond acceptors (Lipinski definition) is 2. The Kier molecular flexibility index (Phi) is 4.48. The molecule has 0 bridgehead atoms. The fourth-order valence-corrected chi connectivity index (χ4v) is 2.75. The summed E-state index contributed by atoms with van der Waals surface area (Å²) < 4.78 is 2.16. The molecule has 0 saturated carbocycles. The highest BCUT2D eigenvalue weighted by atomic mass is 15.2. The Morgan fingerprint density at radius 3 is 2.20 bits per heavy atom. The van der Waals surface area contributed by atoms with Crippen molar-refractivity contribution in [3.05, 3.63) is 36.0 Å². The van der Waals surface area contributed by atoms with Crippen molar-refractivity contribution < 1.29 is 0 Å². The minimum absolute atomic E-state index is 0.306. The average molecular weight is 271 g/mol. The number of nitrogen functional groups attached to an aromatic ring is 1. The lowest BCUT2D eigenvalue weighted by atomic mass is 9.99. The van der Waals surface area contributed by atoms with E-state index in [9.17, 15) is 0 Å². The summed E-state index contributed by atoms with van der Waals surface area (Å²) >= 11 is 0. The van der Waals surface area contributed by atoms with E-state index in [1.807, 2.05) is 18.2 Å². The summed E-state index contributed by atoms with van der Waals surface area (Å²) in [6, 6.07) is 10.6. The third kappa shape index (κ3) is 2.58. The van der Waals surface area contributed by atoms with Crippen LogP contribution in [0, 0.1) is 0 Å². The van der Waals surface area contributed by atoms with Gasteiger partial charge in [-0.25, -0.2) is 4.98 Å². The van der Waals surface area contributed by atoms with Crippen LogP contribution in [-0.2, 0) is 0 Å². The van der Waals surface area contributed by atoms with Crippen LogP contribution in [0.5, 0.6) is 0 Å². The number of hydrogen-bond donors (Lipinski definition) is 1. The van der Waals surface area contributed by atoms with E-state index in [1.54, 1.807) is 0 Å². The molecule has 0 aliphatic heterocycles. The maximum atomic E-state index is 6.39. The Balaban J connectivity index is 2.60. The van der Waals surface area contributed by atoms with Crippen molar-refractivity contribution in [3.63, 3.8) is 0 Å². The van der Waals surface area contributed by atoms with Gasteiger partial charge < -0.3 is 10.3 Å². The van der Waals surface area contributed by atoms with E-state index in [0.717, 1.165) is 35.7 Å². The van der Waals surface area contributed by atoms with Crippen molar-refractivity contribution in [3.8, 4) is 11.4 Å². The zero-order chi connectivity index (χ0) is 14.7. The lowest BCUT2D eigenvalue weighted by Gasteiger charge is -2.15. The summed E-state index contributed by atoms with van der Waals surface area (Å²) in [5.41, 5.74) is 8.58. The fourth-order valence-electron chi connectivity index (χ4n) is 2.75. The van der Waals surface area contributed by atoms with Gasteiger partial charge in [0.25, 0.3) is 0 Å². The topological polar surface area (TPSA) is 43.8 Å². The quantitative estimate of drug-likeness (QED) is 0.862. The SMILES string of the molecule is CCC(CC)c1nc(-c2ccccc2)n(C(C)C)c1N. The average Bonchev–Trinajstić information content (AvgIpc) is 2.79. The first kappa shape index (κ1) is 14.6. The highest BCUT2D eigenvalue weighted by molar-refractivity contribution is 5.61. The molecule has 3 heteroatoms. The number of aromatic nitrogens is 2. The molecule has 1 aromatic carbocycles. The van der Waals surface area contributed by atoms with Crippen LogP contribution >= 0.6 is 0 Å². The number of nitrogens with two attached hydrogens (primary N) is 1. The van der Waals surface area contributed by atoms with Gasteiger partial charge in [-0.3, -0.25) is 0 Å². The maximum Gasteiger partial charge on any atom is 0.142 e. The van der Waals surface area contributed by atoms with Crippen LogP contribution in [0.1, 0.15) is 58.2 Å². The van der Waals surface area contributed by atoms with E-state index in [-0.39, 0.29) is 0 Å². The van der Waals surface area contributed by atoms with Crippen LogP contribution in [-0.4, -0.2) is 9.55 Å². The predicted octanol–water partition coefficient (Wildman–Crippen LogP) is 4.62. The van der Waals surface area contributed by atoms with Crippen LogP contribution in [0.3, 0.4) is 0 Å². The van der Waals surface area contributed by atoms with E-state index in [4.69, 9.17) is 10.7 Å². The fraction of sp³-hybridized carbons (Fsp3) is 0.471. The summed E-state index contributed by atoms with van der Waals surface area (Å²) in [6.07, 6.45) is 2.15. The van der Waals surface area contributed by atoms with Gasteiger partial charge in [0, 0.05) is 17.5 Å². The van der Waals surface area contributed by atoms with Crippen molar-refractivity contribution >= 4 is 5.82 Å². The Bertz CT molecular complexity index is 551. The zero-order valence-electron chi connectivity index (χ0n) is 12.9.